The number of benzene rings is 1. The van der Waals surface area contributed by atoms with Gasteiger partial charge in [0.15, 0.2) is 0 Å². The molecule has 0 aliphatic carbocycles. The smallest absolute Gasteiger partial charge is 0.131 e. The standard InChI is InChI=1S/C15H18FNOS/c1-10(12-7-8-19-9-12)17-11(2)15-13(16)5-4-6-14(15)18-3/h4-11,17H,1-3H3. The molecule has 2 atom stereocenters. The fraction of sp³-hybridized carbons (Fsp3) is 0.333. The number of thiophene rings is 1. The van der Waals surface area contributed by atoms with Crippen molar-refractivity contribution < 1.29 is 9.13 Å². The third-order valence-electron chi connectivity index (χ3n) is 3.21. The van der Waals surface area contributed by atoms with E-state index in [2.05, 4.69) is 23.7 Å². The molecule has 0 aliphatic rings. The first-order chi connectivity index (χ1) is 9.13. The lowest BCUT2D eigenvalue weighted by Gasteiger charge is -2.22. The van der Waals surface area contributed by atoms with E-state index < -0.39 is 0 Å². The van der Waals surface area contributed by atoms with Gasteiger partial charge in [0.1, 0.15) is 11.6 Å². The average molecular weight is 279 g/mol. The van der Waals surface area contributed by atoms with Gasteiger partial charge < -0.3 is 10.1 Å². The molecule has 1 heterocycles. The third-order valence-corrected chi connectivity index (χ3v) is 3.91. The molecule has 1 aromatic heterocycles. The quantitative estimate of drug-likeness (QED) is 0.880. The van der Waals surface area contributed by atoms with Gasteiger partial charge in [-0.3, -0.25) is 0 Å². The Bertz CT molecular complexity index is 527. The van der Waals surface area contributed by atoms with Crippen LogP contribution in [0.5, 0.6) is 5.75 Å². The predicted molar refractivity (Wildman–Crippen MR) is 77.2 cm³/mol. The molecule has 1 N–H and O–H groups in total. The van der Waals surface area contributed by atoms with Crippen LogP contribution in [0, 0.1) is 5.82 Å². The molecule has 0 amide bonds. The lowest BCUT2D eigenvalue weighted by Crippen LogP contribution is -2.23. The summed E-state index contributed by atoms with van der Waals surface area (Å²) < 4.78 is 19.2. The summed E-state index contributed by atoms with van der Waals surface area (Å²) in [5.74, 6) is 0.342. The molecule has 0 aliphatic heterocycles. The predicted octanol–water partition coefficient (Wildman–Crippen LogP) is 4.31. The highest BCUT2D eigenvalue weighted by Crippen LogP contribution is 2.29. The molecule has 2 nitrogen and oxygen atoms in total. The van der Waals surface area contributed by atoms with Gasteiger partial charge in [-0.2, -0.15) is 11.3 Å². The Morgan fingerprint density at radius 3 is 2.63 bits per heavy atom. The van der Waals surface area contributed by atoms with Gasteiger partial charge in [-0.05, 0) is 48.4 Å². The monoisotopic (exact) mass is 279 g/mol. The van der Waals surface area contributed by atoms with Gasteiger partial charge >= 0.3 is 0 Å². The van der Waals surface area contributed by atoms with Crippen molar-refractivity contribution >= 4 is 11.3 Å². The molecule has 2 rings (SSSR count). The maximum atomic E-state index is 14.0. The van der Waals surface area contributed by atoms with E-state index in [0.717, 1.165) is 0 Å². The zero-order chi connectivity index (χ0) is 13.8. The Hall–Kier alpha value is -1.39. The van der Waals surface area contributed by atoms with Crippen LogP contribution in [0.1, 0.15) is 37.1 Å². The molecule has 102 valence electrons. The molecule has 0 fully saturated rings. The summed E-state index contributed by atoms with van der Waals surface area (Å²) in [5, 5.41) is 7.54. The number of rotatable bonds is 5. The highest BCUT2D eigenvalue weighted by Gasteiger charge is 2.18. The van der Waals surface area contributed by atoms with Gasteiger partial charge in [-0.1, -0.05) is 6.07 Å². The summed E-state index contributed by atoms with van der Waals surface area (Å²) in [6, 6.07) is 7.04. The number of hydrogen-bond acceptors (Lipinski definition) is 3. The van der Waals surface area contributed by atoms with Crippen LogP contribution >= 0.6 is 11.3 Å². The molecule has 0 spiro atoms. The summed E-state index contributed by atoms with van der Waals surface area (Å²) in [6.45, 7) is 4.02. The summed E-state index contributed by atoms with van der Waals surface area (Å²) >= 11 is 1.66. The zero-order valence-corrected chi connectivity index (χ0v) is 12.1. The molecule has 0 saturated heterocycles. The first-order valence-corrected chi connectivity index (χ1v) is 7.18. The van der Waals surface area contributed by atoms with Crippen molar-refractivity contribution in [1.29, 1.82) is 0 Å². The van der Waals surface area contributed by atoms with Crippen LogP contribution in [0.3, 0.4) is 0 Å². The molecule has 2 unspecified atom stereocenters. The van der Waals surface area contributed by atoms with E-state index >= 15 is 0 Å². The van der Waals surface area contributed by atoms with Crippen LogP contribution in [0.15, 0.2) is 35.0 Å². The van der Waals surface area contributed by atoms with E-state index in [4.69, 9.17) is 4.74 Å². The molecular formula is C15H18FNOS. The van der Waals surface area contributed by atoms with E-state index in [1.807, 2.05) is 12.3 Å². The SMILES string of the molecule is COc1cccc(F)c1C(C)NC(C)c1ccsc1. The van der Waals surface area contributed by atoms with Crippen LogP contribution in [-0.4, -0.2) is 7.11 Å². The van der Waals surface area contributed by atoms with Crippen molar-refractivity contribution in [2.75, 3.05) is 7.11 Å². The van der Waals surface area contributed by atoms with Crippen LogP contribution in [0.25, 0.3) is 0 Å². The van der Waals surface area contributed by atoms with Crippen LogP contribution < -0.4 is 10.1 Å². The second kappa shape index (κ2) is 6.17. The molecule has 19 heavy (non-hydrogen) atoms. The fourth-order valence-electron chi connectivity index (χ4n) is 2.19. The molecule has 0 saturated carbocycles. The van der Waals surface area contributed by atoms with E-state index in [-0.39, 0.29) is 17.9 Å². The lowest BCUT2D eigenvalue weighted by atomic mass is 10.0. The molecule has 0 radical (unpaired) electrons. The van der Waals surface area contributed by atoms with Gasteiger partial charge in [0.2, 0.25) is 0 Å². The second-order valence-electron chi connectivity index (χ2n) is 4.52. The highest BCUT2D eigenvalue weighted by atomic mass is 32.1. The van der Waals surface area contributed by atoms with Gasteiger partial charge in [-0.15, -0.1) is 0 Å². The van der Waals surface area contributed by atoms with E-state index in [1.54, 1.807) is 30.6 Å². The Morgan fingerprint density at radius 2 is 2.00 bits per heavy atom. The first kappa shape index (κ1) is 14.0. The van der Waals surface area contributed by atoms with Crippen molar-refractivity contribution in [2.24, 2.45) is 0 Å². The number of halogens is 1. The summed E-state index contributed by atoms with van der Waals surface area (Å²) in [6.07, 6.45) is 0. The fourth-order valence-corrected chi connectivity index (χ4v) is 2.95. The molecule has 4 heteroatoms. The summed E-state index contributed by atoms with van der Waals surface area (Å²) in [7, 11) is 1.56. The van der Waals surface area contributed by atoms with Gasteiger partial charge in [0.25, 0.3) is 0 Å². The van der Waals surface area contributed by atoms with Gasteiger partial charge in [-0.25, -0.2) is 4.39 Å². The van der Waals surface area contributed by atoms with Crippen molar-refractivity contribution in [3.05, 3.63) is 52.0 Å². The van der Waals surface area contributed by atoms with E-state index in [0.29, 0.717) is 11.3 Å². The minimum atomic E-state index is -0.239. The van der Waals surface area contributed by atoms with E-state index in [1.165, 1.54) is 11.6 Å². The molecular weight excluding hydrogens is 261 g/mol. The van der Waals surface area contributed by atoms with Crippen molar-refractivity contribution in [3.63, 3.8) is 0 Å². The number of methoxy groups -OCH3 is 1. The molecule has 1 aromatic carbocycles. The van der Waals surface area contributed by atoms with Crippen LogP contribution in [-0.2, 0) is 0 Å². The second-order valence-corrected chi connectivity index (χ2v) is 5.30. The Labute approximate surface area is 117 Å². The Morgan fingerprint density at radius 1 is 1.21 bits per heavy atom. The van der Waals surface area contributed by atoms with Gasteiger partial charge in [0.05, 0.1) is 7.11 Å². The van der Waals surface area contributed by atoms with E-state index in [9.17, 15) is 4.39 Å². The number of hydrogen-bond donors (Lipinski definition) is 1. The minimum absolute atomic E-state index is 0.119. The highest BCUT2D eigenvalue weighted by molar-refractivity contribution is 7.07. The molecule has 0 bridgehead atoms. The maximum absolute atomic E-state index is 14.0. The number of nitrogens with one attached hydrogen (secondary N) is 1. The van der Waals surface area contributed by atoms with Crippen molar-refractivity contribution in [2.45, 2.75) is 25.9 Å². The van der Waals surface area contributed by atoms with Gasteiger partial charge in [0, 0.05) is 17.6 Å². The van der Waals surface area contributed by atoms with Crippen molar-refractivity contribution in [1.82, 2.24) is 5.32 Å². The Balaban J connectivity index is 2.18. The average Bonchev–Trinajstić information content (AvgIpc) is 2.92. The van der Waals surface area contributed by atoms with Crippen LogP contribution in [0.4, 0.5) is 4.39 Å². The summed E-state index contributed by atoms with van der Waals surface area (Å²) in [4.78, 5) is 0. The zero-order valence-electron chi connectivity index (χ0n) is 11.3. The van der Waals surface area contributed by atoms with Crippen molar-refractivity contribution in [3.8, 4) is 5.75 Å². The largest absolute Gasteiger partial charge is 0.496 e. The normalized spacial score (nSPS) is 14.1. The Kier molecular flexibility index (Phi) is 4.56. The summed E-state index contributed by atoms with van der Waals surface area (Å²) in [5.41, 5.74) is 1.79. The number of ether oxygens (including phenoxy) is 1. The molecule has 2 aromatic rings. The first-order valence-electron chi connectivity index (χ1n) is 6.24. The maximum Gasteiger partial charge on any atom is 0.131 e. The lowest BCUT2D eigenvalue weighted by molar-refractivity contribution is 0.387. The third kappa shape index (κ3) is 3.14. The topological polar surface area (TPSA) is 21.3 Å². The van der Waals surface area contributed by atoms with Crippen LogP contribution in [0.2, 0.25) is 0 Å². The minimum Gasteiger partial charge on any atom is -0.496 e.